The summed E-state index contributed by atoms with van der Waals surface area (Å²) in [6.45, 7) is 8.17. The molecule has 2 rings (SSSR count). The van der Waals surface area contributed by atoms with Gasteiger partial charge in [-0.3, -0.25) is 9.10 Å². The fourth-order valence-corrected chi connectivity index (χ4v) is 3.83. The number of piperidine rings is 1. The summed E-state index contributed by atoms with van der Waals surface area (Å²) in [6, 6.07) is 6.70. The van der Waals surface area contributed by atoms with Gasteiger partial charge in [0.25, 0.3) is 5.91 Å². The highest BCUT2D eigenvalue weighted by molar-refractivity contribution is 7.92. The van der Waals surface area contributed by atoms with Crippen molar-refractivity contribution in [2.24, 2.45) is 5.92 Å². The zero-order valence-corrected chi connectivity index (χ0v) is 18.9. The zero-order chi connectivity index (χ0) is 21.4. The van der Waals surface area contributed by atoms with Crippen molar-refractivity contribution in [2.75, 3.05) is 43.8 Å². The zero-order valence-electron chi connectivity index (χ0n) is 18.1. The molecular formula is C21H35N3O4S. The van der Waals surface area contributed by atoms with Crippen molar-refractivity contribution < 1.29 is 17.9 Å². The van der Waals surface area contributed by atoms with E-state index in [4.69, 9.17) is 4.74 Å². The molecule has 0 bridgehead atoms. The number of anilines is 1. The number of sulfonamides is 1. The molecule has 1 aliphatic heterocycles. The minimum atomic E-state index is -3.31. The number of benzene rings is 1. The van der Waals surface area contributed by atoms with Crippen LogP contribution in [-0.4, -0.2) is 64.8 Å². The summed E-state index contributed by atoms with van der Waals surface area (Å²) in [5, 5.41) is 2.97. The van der Waals surface area contributed by atoms with Gasteiger partial charge in [0.1, 0.15) is 5.75 Å². The highest BCUT2D eigenvalue weighted by atomic mass is 32.2. The highest BCUT2D eigenvalue weighted by Gasteiger charge is 2.19. The van der Waals surface area contributed by atoms with E-state index in [2.05, 4.69) is 17.1 Å². The summed E-state index contributed by atoms with van der Waals surface area (Å²) in [6.07, 6.45) is 4.60. The van der Waals surface area contributed by atoms with Crippen LogP contribution in [0.2, 0.25) is 0 Å². The number of nitrogens with one attached hydrogen (secondary N) is 1. The van der Waals surface area contributed by atoms with Crippen molar-refractivity contribution in [1.29, 1.82) is 0 Å². The summed E-state index contributed by atoms with van der Waals surface area (Å²) in [5.74, 6) is 1.26. The van der Waals surface area contributed by atoms with E-state index in [0.29, 0.717) is 24.4 Å². The Labute approximate surface area is 175 Å². The summed E-state index contributed by atoms with van der Waals surface area (Å²) < 4.78 is 30.2. The van der Waals surface area contributed by atoms with Crippen LogP contribution in [-0.2, 0) is 14.8 Å². The molecule has 1 aromatic rings. The van der Waals surface area contributed by atoms with Gasteiger partial charge >= 0.3 is 0 Å². The summed E-state index contributed by atoms with van der Waals surface area (Å²) in [7, 11) is -1.81. The minimum Gasteiger partial charge on any atom is -0.481 e. The third-order valence-electron chi connectivity index (χ3n) is 5.47. The first kappa shape index (κ1) is 23.5. The van der Waals surface area contributed by atoms with E-state index < -0.39 is 16.1 Å². The first-order valence-corrected chi connectivity index (χ1v) is 12.3. The molecule has 1 N–H and O–H groups in total. The van der Waals surface area contributed by atoms with E-state index in [1.165, 1.54) is 24.2 Å². The van der Waals surface area contributed by atoms with Crippen LogP contribution in [0.4, 0.5) is 5.69 Å². The van der Waals surface area contributed by atoms with E-state index in [1.54, 1.807) is 24.3 Å². The number of rotatable bonds is 10. The van der Waals surface area contributed by atoms with E-state index in [0.717, 1.165) is 38.2 Å². The second-order valence-corrected chi connectivity index (χ2v) is 9.92. The normalized spacial score (nSPS) is 17.0. The molecule has 0 spiro atoms. The Balaban J connectivity index is 1.77. The Kier molecular flexibility index (Phi) is 8.77. The van der Waals surface area contributed by atoms with Crippen LogP contribution in [0.25, 0.3) is 0 Å². The largest absolute Gasteiger partial charge is 0.481 e. The fraction of sp³-hybridized carbons (Fsp3) is 0.667. The van der Waals surface area contributed by atoms with Gasteiger partial charge in [-0.1, -0.05) is 13.8 Å². The number of hydrogen-bond acceptors (Lipinski definition) is 5. The predicted molar refractivity (Wildman–Crippen MR) is 117 cm³/mol. The van der Waals surface area contributed by atoms with Crippen molar-refractivity contribution in [3.8, 4) is 5.75 Å². The second kappa shape index (κ2) is 10.8. The molecular weight excluding hydrogens is 390 g/mol. The molecule has 8 heteroatoms. The number of hydrogen-bond donors (Lipinski definition) is 1. The summed E-state index contributed by atoms with van der Waals surface area (Å²) in [5.41, 5.74) is 0.546. The average Bonchev–Trinajstić information content (AvgIpc) is 2.69. The molecule has 164 valence electrons. The number of likely N-dealkylation sites (tertiary alicyclic amines) is 1. The summed E-state index contributed by atoms with van der Waals surface area (Å²) in [4.78, 5) is 14.9. The van der Waals surface area contributed by atoms with Crippen molar-refractivity contribution in [2.45, 2.75) is 45.6 Å². The third kappa shape index (κ3) is 7.51. The topological polar surface area (TPSA) is 78.9 Å². The molecule has 1 fully saturated rings. The SMILES string of the molecule is CC[C@H](Oc1ccc(N(C)S(C)(=O)=O)cc1)C(=O)NCCCN1CCC(C)CC1. The Bertz CT molecular complexity index is 744. The second-order valence-electron chi connectivity index (χ2n) is 7.91. The van der Waals surface area contributed by atoms with Crippen LogP contribution in [0.3, 0.4) is 0 Å². The Hall–Kier alpha value is -1.80. The van der Waals surface area contributed by atoms with Crippen LogP contribution < -0.4 is 14.4 Å². The molecule has 1 heterocycles. The number of carbonyl (C=O) groups excluding carboxylic acids is 1. The van der Waals surface area contributed by atoms with Gasteiger partial charge in [0.05, 0.1) is 11.9 Å². The van der Waals surface area contributed by atoms with Crippen molar-refractivity contribution in [3.05, 3.63) is 24.3 Å². The number of amides is 1. The predicted octanol–water partition coefficient (Wildman–Crippen LogP) is 2.48. The number of carbonyl (C=O) groups is 1. The lowest BCUT2D eigenvalue weighted by Crippen LogP contribution is -2.40. The molecule has 1 aliphatic rings. The van der Waals surface area contributed by atoms with Crippen LogP contribution in [0.1, 0.15) is 39.5 Å². The maximum Gasteiger partial charge on any atom is 0.261 e. The first-order valence-electron chi connectivity index (χ1n) is 10.4. The standard InChI is InChI=1S/C21H35N3O4S/c1-5-20(21(25)22-13-6-14-24-15-11-17(2)12-16-24)28-19-9-7-18(8-10-19)23(3)29(4,26)27/h7-10,17,20H,5-6,11-16H2,1-4H3,(H,22,25)/t20-/m0/s1. The van der Waals surface area contributed by atoms with E-state index >= 15 is 0 Å². The molecule has 0 aromatic heterocycles. The lowest BCUT2D eigenvalue weighted by atomic mass is 9.99. The van der Waals surface area contributed by atoms with Gasteiger partial charge in [-0.05, 0) is 75.5 Å². The highest BCUT2D eigenvalue weighted by Crippen LogP contribution is 2.21. The van der Waals surface area contributed by atoms with Gasteiger partial charge in [-0.25, -0.2) is 8.42 Å². The van der Waals surface area contributed by atoms with Gasteiger partial charge in [0.2, 0.25) is 10.0 Å². The molecule has 1 atom stereocenters. The molecule has 1 saturated heterocycles. The van der Waals surface area contributed by atoms with Gasteiger partial charge in [-0.15, -0.1) is 0 Å². The maximum absolute atomic E-state index is 12.4. The minimum absolute atomic E-state index is 0.114. The van der Waals surface area contributed by atoms with Crippen molar-refractivity contribution in [3.63, 3.8) is 0 Å². The first-order chi connectivity index (χ1) is 13.7. The van der Waals surface area contributed by atoms with E-state index in [1.807, 2.05) is 6.92 Å². The lowest BCUT2D eigenvalue weighted by molar-refractivity contribution is -0.128. The monoisotopic (exact) mass is 425 g/mol. The molecule has 0 saturated carbocycles. The van der Waals surface area contributed by atoms with E-state index in [9.17, 15) is 13.2 Å². The Morgan fingerprint density at radius 3 is 2.45 bits per heavy atom. The van der Waals surface area contributed by atoms with Gasteiger partial charge < -0.3 is 15.0 Å². The van der Waals surface area contributed by atoms with Crippen LogP contribution in [0, 0.1) is 5.92 Å². The lowest BCUT2D eigenvalue weighted by Gasteiger charge is -2.30. The van der Waals surface area contributed by atoms with Gasteiger partial charge in [0, 0.05) is 13.6 Å². The molecule has 1 aromatic carbocycles. The quantitative estimate of drug-likeness (QED) is 0.583. The van der Waals surface area contributed by atoms with Gasteiger partial charge in [0.15, 0.2) is 6.10 Å². The number of nitrogens with zero attached hydrogens (tertiary/aromatic N) is 2. The molecule has 7 nitrogen and oxygen atoms in total. The van der Waals surface area contributed by atoms with Gasteiger partial charge in [-0.2, -0.15) is 0 Å². The molecule has 0 radical (unpaired) electrons. The van der Waals surface area contributed by atoms with Crippen molar-refractivity contribution >= 4 is 21.6 Å². The average molecular weight is 426 g/mol. The van der Waals surface area contributed by atoms with Crippen molar-refractivity contribution in [1.82, 2.24) is 10.2 Å². The Morgan fingerprint density at radius 2 is 1.90 bits per heavy atom. The Morgan fingerprint density at radius 1 is 1.28 bits per heavy atom. The maximum atomic E-state index is 12.4. The van der Waals surface area contributed by atoms with Crippen LogP contribution >= 0.6 is 0 Å². The van der Waals surface area contributed by atoms with Crippen LogP contribution in [0.5, 0.6) is 5.75 Å². The van der Waals surface area contributed by atoms with Crippen LogP contribution in [0.15, 0.2) is 24.3 Å². The number of ether oxygens (including phenoxy) is 1. The smallest absolute Gasteiger partial charge is 0.261 e. The molecule has 0 unspecified atom stereocenters. The molecule has 29 heavy (non-hydrogen) atoms. The summed E-state index contributed by atoms with van der Waals surface area (Å²) >= 11 is 0. The molecule has 1 amide bonds. The third-order valence-corrected chi connectivity index (χ3v) is 6.67. The van der Waals surface area contributed by atoms with E-state index in [-0.39, 0.29) is 5.91 Å². The molecule has 0 aliphatic carbocycles. The fourth-order valence-electron chi connectivity index (χ4n) is 3.33.